The lowest BCUT2D eigenvalue weighted by atomic mass is 10.1. The van der Waals surface area contributed by atoms with Crippen molar-refractivity contribution in [1.29, 1.82) is 0 Å². The molecule has 0 radical (unpaired) electrons. The van der Waals surface area contributed by atoms with E-state index in [1.807, 2.05) is 24.3 Å². The standard InChI is InChI=1S/C17H14Cl3N5/c18-12-4-1-3-11(9-12)7-8-21-17-24-15(10-22-25-17)23-16-13(19)5-2-6-14(16)20/h1-6,9-10H,7-8H2,(H2,21,23,24,25). The van der Waals surface area contributed by atoms with Crippen LogP contribution in [0.1, 0.15) is 5.56 Å². The molecule has 5 nitrogen and oxygen atoms in total. The molecule has 3 aromatic rings. The molecule has 0 saturated heterocycles. The van der Waals surface area contributed by atoms with Gasteiger partial charge in [0.15, 0.2) is 5.82 Å². The highest BCUT2D eigenvalue weighted by Crippen LogP contribution is 2.31. The monoisotopic (exact) mass is 393 g/mol. The molecule has 2 N–H and O–H groups in total. The number of nitrogens with one attached hydrogen (secondary N) is 2. The second-order valence-electron chi connectivity index (χ2n) is 5.19. The van der Waals surface area contributed by atoms with Crippen LogP contribution in [0.2, 0.25) is 15.1 Å². The molecule has 0 aliphatic heterocycles. The van der Waals surface area contributed by atoms with Crippen molar-refractivity contribution in [3.8, 4) is 0 Å². The van der Waals surface area contributed by atoms with Crippen molar-refractivity contribution < 1.29 is 0 Å². The predicted octanol–water partition coefficient (Wildman–Crippen LogP) is 5.23. The van der Waals surface area contributed by atoms with Gasteiger partial charge in [0, 0.05) is 11.6 Å². The minimum atomic E-state index is 0.412. The summed E-state index contributed by atoms with van der Waals surface area (Å²) in [7, 11) is 0. The van der Waals surface area contributed by atoms with E-state index in [0.29, 0.717) is 34.0 Å². The zero-order chi connectivity index (χ0) is 17.6. The predicted molar refractivity (Wildman–Crippen MR) is 103 cm³/mol. The van der Waals surface area contributed by atoms with E-state index >= 15 is 0 Å². The molecule has 25 heavy (non-hydrogen) atoms. The molecular weight excluding hydrogens is 381 g/mol. The molecule has 8 heteroatoms. The van der Waals surface area contributed by atoms with E-state index in [9.17, 15) is 0 Å². The molecule has 0 aliphatic rings. The summed E-state index contributed by atoms with van der Waals surface area (Å²) in [6.07, 6.45) is 2.29. The Bertz CT molecular complexity index is 852. The fourth-order valence-electron chi connectivity index (χ4n) is 2.20. The largest absolute Gasteiger partial charge is 0.353 e. The van der Waals surface area contributed by atoms with E-state index in [4.69, 9.17) is 34.8 Å². The van der Waals surface area contributed by atoms with Crippen molar-refractivity contribution in [3.05, 3.63) is 69.3 Å². The van der Waals surface area contributed by atoms with Crippen LogP contribution in [-0.4, -0.2) is 21.7 Å². The van der Waals surface area contributed by atoms with Crippen LogP contribution in [0.4, 0.5) is 17.5 Å². The topological polar surface area (TPSA) is 62.7 Å². The molecule has 0 bridgehead atoms. The average molecular weight is 395 g/mol. The van der Waals surface area contributed by atoms with Crippen LogP contribution in [0.5, 0.6) is 0 Å². The summed E-state index contributed by atoms with van der Waals surface area (Å²) in [4.78, 5) is 4.36. The molecule has 3 rings (SSSR count). The van der Waals surface area contributed by atoms with E-state index in [1.54, 1.807) is 18.2 Å². The number of benzene rings is 2. The maximum atomic E-state index is 6.15. The first-order valence-electron chi connectivity index (χ1n) is 7.51. The Hall–Kier alpha value is -2.08. The molecule has 1 aromatic heterocycles. The molecule has 0 aliphatic carbocycles. The highest BCUT2D eigenvalue weighted by Gasteiger charge is 2.07. The fourth-order valence-corrected chi connectivity index (χ4v) is 2.90. The SMILES string of the molecule is Clc1cccc(CCNc2nncc(Nc3c(Cl)cccc3Cl)n2)c1. The minimum absolute atomic E-state index is 0.412. The molecule has 0 spiro atoms. The molecular formula is C17H14Cl3N5. The Morgan fingerprint density at radius 3 is 2.48 bits per heavy atom. The van der Waals surface area contributed by atoms with E-state index < -0.39 is 0 Å². The van der Waals surface area contributed by atoms with Crippen LogP contribution in [0, 0.1) is 0 Å². The maximum Gasteiger partial charge on any atom is 0.244 e. The fraction of sp³-hybridized carbons (Fsp3) is 0.118. The molecule has 0 saturated carbocycles. The number of nitrogens with zero attached hydrogens (tertiary/aromatic N) is 3. The summed E-state index contributed by atoms with van der Waals surface area (Å²) in [6.45, 7) is 0.651. The molecule has 0 amide bonds. The molecule has 2 aromatic carbocycles. The van der Waals surface area contributed by atoms with Gasteiger partial charge in [-0.15, -0.1) is 5.10 Å². The minimum Gasteiger partial charge on any atom is -0.353 e. The molecule has 0 atom stereocenters. The van der Waals surface area contributed by atoms with Crippen LogP contribution >= 0.6 is 34.8 Å². The van der Waals surface area contributed by atoms with Gasteiger partial charge in [0.05, 0.1) is 21.9 Å². The maximum absolute atomic E-state index is 6.15. The van der Waals surface area contributed by atoms with Gasteiger partial charge >= 0.3 is 0 Å². The third kappa shape index (κ3) is 4.95. The highest BCUT2D eigenvalue weighted by atomic mass is 35.5. The first-order valence-corrected chi connectivity index (χ1v) is 8.64. The Kier molecular flexibility index (Phi) is 5.91. The van der Waals surface area contributed by atoms with Gasteiger partial charge in [-0.1, -0.05) is 53.0 Å². The van der Waals surface area contributed by atoms with Gasteiger partial charge in [-0.05, 0) is 36.2 Å². The lowest BCUT2D eigenvalue weighted by molar-refractivity contribution is 0.929. The average Bonchev–Trinajstić information content (AvgIpc) is 2.59. The van der Waals surface area contributed by atoms with E-state index in [2.05, 4.69) is 25.8 Å². The molecule has 0 unspecified atom stereocenters. The smallest absolute Gasteiger partial charge is 0.244 e. The third-order valence-corrected chi connectivity index (χ3v) is 4.23. The molecule has 128 valence electrons. The van der Waals surface area contributed by atoms with Crippen molar-refractivity contribution in [3.63, 3.8) is 0 Å². The zero-order valence-corrected chi connectivity index (χ0v) is 15.3. The second kappa shape index (κ2) is 8.34. The first-order chi connectivity index (χ1) is 12.1. The van der Waals surface area contributed by atoms with Crippen molar-refractivity contribution in [2.45, 2.75) is 6.42 Å². The van der Waals surface area contributed by atoms with Gasteiger partial charge in [-0.3, -0.25) is 0 Å². The van der Waals surface area contributed by atoms with Crippen molar-refractivity contribution in [2.75, 3.05) is 17.2 Å². The van der Waals surface area contributed by atoms with Crippen molar-refractivity contribution in [1.82, 2.24) is 15.2 Å². The lowest BCUT2D eigenvalue weighted by Crippen LogP contribution is -2.09. The van der Waals surface area contributed by atoms with Gasteiger partial charge in [0.1, 0.15) is 0 Å². The van der Waals surface area contributed by atoms with Crippen molar-refractivity contribution >= 4 is 52.3 Å². The van der Waals surface area contributed by atoms with Crippen LogP contribution in [0.15, 0.2) is 48.7 Å². The Morgan fingerprint density at radius 1 is 0.960 bits per heavy atom. The number of anilines is 3. The van der Waals surface area contributed by atoms with Gasteiger partial charge in [0.2, 0.25) is 5.95 Å². The number of hydrogen-bond donors (Lipinski definition) is 2. The normalized spacial score (nSPS) is 10.5. The quantitative estimate of drug-likeness (QED) is 0.599. The Labute approximate surface area is 160 Å². The highest BCUT2D eigenvalue weighted by molar-refractivity contribution is 6.39. The van der Waals surface area contributed by atoms with E-state index in [1.165, 1.54) is 6.20 Å². The van der Waals surface area contributed by atoms with E-state index in [0.717, 1.165) is 17.0 Å². The summed E-state index contributed by atoms with van der Waals surface area (Å²) in [5.41, 5.74) is 1.71. The van der Waals surface area contributed by atoms with Gasteiger partial charge in [0.25, 0.3) is 0 Å². The Balaban J connectivity index is 1.63. The Morgan fingerprint density at radius 2 is 1.72 bits per heavy atom. The third-order valence-electron chi connectivity index (χ3n) is 3.36. The van der Waals surface area contributed by atoms with Crippen LogP contribution < -0.4 is 10.6 Å². The second-order valence-corrected chi connectivity index (χ2v) is 6.44. The van der Waals surface area contributed by atoms with Gasteiger partial charge in [-0.2, -0.15) is 10.1 Å². The number of rotatable bonds is 6. The van der Waals surface area contributed by atoms with Crippen LogP contribution in [-0.2, 0) is 6.42 Å². The first kappa shape index (κ1) is 17.7. The molecule has 1 heterocycles. The van der Waals surface area contributed by atoms with E-state index in [-0.39, 0.29) is 0 Å². The number of para-hydroxylation sites is 1. The summed E-state index contributed by atoms with van der Waals surface area (Å²) in [5.74, 6) is 0.908. The molecule has 0 fully saturated rings. The number of hydrogen-bond acceptors (Lipinski definition) is 5. The lowest BCUT2D eigenvalue weighted by Gasteiger charge is -2.10. The summed E-state index contributed by atoms with van der Waals surface area (Å²) in [6, 6.07) is 13.0. The van der Waals surface area contributed by atoms with Gasteiger partial charge < -0.3 is 10.6 Å². The van der Waals surface area contributed by atoms with Crippen LogP contribution in [0.25, 0.3) is 0 Å². The van der Waals surface area contributed by atoms with Crippen LogP contribution in [0.3, 0.4) is 0 Å². The van der Waals surface area contributed by atoms with Gasteiger partial charge in [-0.25, -0.2) is 0 Å². The summed E-state index contributed by atoms with van der Waals surface area (Å²) >= 11 is 18.3. The summed E-state index contributed by atoms with van der Waals surface area (Å²) in [5, 5.41) is 15.8. The number of aromatic nitrogens is 3. The number of halogens is 3. The summed E-state index contributed by atoms with van der Waals surface area (Å²) < 4.78 is 0. The van der Waals surface area contributed by atoms with Crippen molar-refractivity contribution in [2.24, 2.45) is 0 Å². The zero-order valence-electron chi connectivity index (χ0n) is 13.0.